The largest absolute Gasteiger partial charge is 0.444 e. The average Bonchev–Trinajstić information content (AvgIpc) is 2.85. The number of amides is 2. The predicted molar refractivity (Wildman–Crippen MR) is 91.8 cm³/mol. The Bertz CT molecular complexity index is 655. The van der Waals surface area contributed by atoms with Gasteiger partial charge in [-0.1, -0.05) is 0 Å². The van der Waals surface area contributed by atoms with E-state index in [0.717, 1.165) is 12.8 Å². The number of nitrogen functional groups attached to an aromatic ring is 1. The smallest absolute Gasteiger partial charge is 0.410 e. The lowest BCUT2D eigenvalue weighted by Gasteiger charge is -2.36. The minimum atomic E-state index is -0.530. The van der Waals surface area contributed by atoms with Gasteiger partial charge in [0.2, 0.25) is 0 Å². The van der Waals surface area contributed by atoms with Crippen LogP contribution in [0.15, 0.2) is 12.1 Å². The Hall–Kier alpha value is -2.38. The summed E-state index contributed by atoms with van der Waals surface area (Å²) in [7, 11) is 0. The van der Waals surface area contributed by atoms with Gasteiger partial charge in [-0.3, -0.25) is 4.79 Å². The van der Waals surface area contributed by atoms with Crippen LogP contribution in [0.1, 0.15) is 44.1 Å². The molecule has 2 bridgehead atoms. The van der Waals surface area contributed by atoms with E-state index in [1.165, 1.54) is 0 Å². The number of nitrogens with zero attached hydrogens (tertiary/aromatic N) is 4. The number of carbonyl (C=O) groups is 2. The molecule has 0 saturated carbocycles. The maximum absolute atomic E-state index is 12.7. The molecule has 3 saturated heterocycles. The summed E-state index contributed by atoms with van der Waals surface area (Å²) in [6, 6.07) is 3.13. The summed E-state index contributed by atoms with van der Waals surface area (Å²) in [4.78, 5) is 28.8. The molecule has 8 nitrogen and oxygen atoms in total. The number of rotatable bonds is 1. The Morgan fingerprint density at radius 1 is 1.16 bits per heavy atom. The monoisotopic (exact) mass is 347 g/mol. The number of anilines is 1. The van der Waals surface area contributed by atoms with Gasteiger partial charge < -0.3 is 20.3 Å². The van der Waals surface area contributed by atoms with Crippen molar-refractivity contribution in [2.24, 2.45) is 5.92 Å². The zero-order valence-corrected chi connectivity index (χ0v) is 14.9. The Labute approximate surface area is 147 Å². The normalized spacial score (nSPS) is 23.3. The highest BCUT2D eigenvalue weighted by Gasteiger charge is 2.40. The van der Waals surface area contributed by atoms with Crippen LogP contribution < -0.4 is 5.73 Å². The Morgan fingerprint density at radius 3 is 2.56 bits per heavy atom. The van der Waals surface area contributed by atoms with E-state index in [0.29, 0.717) is 19.6 Å². The van der Waals surface area contributed by atoms with E-state index in [1.54, 1.807) is 21.9 Å². The second kappa shape index (κ2) is 6.50. The van der Waals surface area contributed by atoms with E-state index >= 15 is 0 Å². The van der Waals surface area contributed by atoms with E-state index in [4.69, 9.17) is 10.5 Å². The number of piperidine rings is 1. The van der Waals surface area contributed by atoms with Gasteiger partial charge in [-0.2, -0.15) is 0 Å². The molecule has 25 heavy (non-hydrogen) atoms. The lowest BCUT2D eigenvalue weighted by atomic mass is 9.95. The van der Waals surface area contributed by atoms with Gasteiger partial charge in [0, 0.05) is 19.6 Å². The molecule has 3 fully saturated rings. The van der Waals surface area contributed by atoms with Gasteiger partial charge in [0.25, 0.3) is 5.91 Å². The van der Waals surface area contributed by atoms with Crippen molar-refractivity contribution in [1.82, 2.24) is 20.0 Å². The molecular weight excluding hydrogens is 322 g/mol. The van der Waals surface area contributed by atoms with Crippen molar-refractivity contribution >= 4 is 17.8 Å². The molecule has 2 atom stereocenters. The quantitative estimate of drug-likeness (QED) is 0.826. The molecule has 136 valence electrons. The first kappa shape index (κ1) is 17.4. The Kier molecular flexibility index (Phi) is 4.53. The fraction of sp³-hybridized carbons (Fsp3) is 0.647. The van der Waals surface area contributed by atoms with Crippen molar-refractivity contribution in [2.45, 2.75) is 45.3 Å². The minimum absolute atomic E-state index is 0.0284. The summed E-state index contributed by atoms with van der Waals surface area (Å²) in [6.45, 7) is 7.29. The maximum Gasteiger partial charge on any atom is 0.410 e. The SMILES string of the molecule is CC(C)(C)OC(=O)N1CC2CCC1CN(C(=O)c1ccc(N)nn1)C2. The van der Waals surface area contributed by atoms with Crippen molar-refractivity contribution in [3.8, 4) is 0 Å². The number of carbonyl (C=O) groups excluding carboxylic acids is 2. The Morgan fingerprint density at radius 2 is 1.92 bits per heavy atom. The third-order valence-electron chi connectivity index (χ3n) is 4.53. The van der Waals surface area contributed by atoms with Gasteiger partial charge in [0.15, 0.2) is 5.69 Å². The highest BCUT2D eigenvalue weighted by atomic mass is 16.6. The molecule has 3 aliphatic rings. The lowest BCUT2D eigenvalue weighted by Crippen LogP contribution is -2.49. The molecular formula is C17H25N5O3. The molecule has 4 heterocycles. The summed E-state index contributed by atoms with van der Waals surface area (Å²) in [5.74, 6) is 0.357. The third-order valence-corrected chi connectivity index (χ3v) is 4.53. The van der Waals surface area contributed by atoms with Crippen molar-refractivity contribution in [1.29, 1.82) is 0 Å². The molecule has 4 rings (SSSR count). The van der Waals surface area contributed by atoms with Crippen LogP contribution in [0.4, 0.5) is 10.6 Å². The molecule has 0 aromatic carbocycles. The molecule has 0 radical (unpaired) electrons. The highest BCUT2D eigenvalue weighted by molar-refractivity contribution is 5.92. The zero-order chi connectivity index (χ0) is 18.2. The summed E-state index contributed by atoms with van der Waals surface area (Å²) in [5.41, 5.74) is 5.28. The number of nitrogens with two attached hydrogens (primary N) is 1. The van der Waals surface area contributed by atoms with E-state index in [-0.39, 0.29) is 35.5 Å². The first-order valence-corrected chi connectivity index (χ1v) is 8.61. The van der Waals surface area contributed by atoms with Crippen LogP contribution in [0.3, 0.4) is 0 Å². The minimum Gasteiger partial charge on any atom is -0.444 e. The topological polar surface area (TPSA) is 102 Å². The van der Waals surface area contributed by atoms with Gasteiger partial charge in [-0.15, -0.1) is 10.2 Å². The summed E-state index contributed by atoms with van der Waals surface area (Å²) in [5, 5.41) is 7.64. The van der Waals surface area contributed by atoms with E-state index in [1.807, 2.05) is 20.8 Å². The summed E-state index contributed by atoms with van der Waals surface area (Å²) < 4.78 is 5.53. The summed E-state index contributed by atoms with van der Waals surface area (Å²) >= 11 is 0. The van der Waals surface area contributed by atoms with Crippen LogP contribution in [0, 0.1) is 5.92 Å². The fourth-order valence-electron chi connectivity index (χ4n) is 3.41. The number of fused-ring (bicyclic) bond motifs is 4. The molecule has 1 aromatic rings. The second-order valence-electron chi connectivity index (χ2n) is 7.78. The Balaban J connectivity index is 1.74. The highest BCUT2D eigenvalue weighted by Crippen LogP contribution is 2.29. The molecule has 0 spiro atoms. The molecule has 2 unspecified atom stereocenters. The number of aromatic nitrogens is 2. The second-order valence-corrected chi connectivity index (χ2v) is 7.78. The van der Waals surface area contributed by atoms with Crippen molar-refractivity contribution in [2.75, 3.05) is 25.4 Å². The average molecular weight is 347 g/mol. The van der Waals surface area contributed by atoms with Gasteiger partial charge >= 0.3 is 6.09 Å². The van der Waals surface area contributed by atoms with Crippen LogP contribution in [0.25, 0.3) is 0 Å². The van der Waals surface area contributed by atoms with Crippen LogP contribution >= 0.6 is 0 Å². The van der Waals surface area contributed by atoms with E-state index in [9.17, 15) is 9.59 Å². The number of hydrogen-bond acceptors (Lipinski definition) is 6. The van der Waals surface area contributed by atoms with Crippen molar-refractivity contribution in [3.63, 3.8) is 0 Å². The third kappa shape index (κ3) is 4.00. The number of hydrogen-bond donors (Lipinski definition) is 1. The predicted octanol–water partition coefficient (Wildman–Crippen LogP) is 1.53. The molecule has 3 aliphatic heterocycles. The standard InChI is InChI=1S/C17H25N5O3/c1-17(2,3)25-16(24)22-9-11-4-5-12(22)10-21(8-11)15(23)13-6-7-14(18)20-19-13/h6-7,11-12H,4-5,8-10H2,1-3H3,(H2,18,20). The molecule has 2 amide bonds. The summed E-state index contributed by atoms with van der Waals surface area (Å²) in [6.07, 6.45) is 1.58. The lowest BCUT2D eigenvalue weighted by molar-refractivity contribution is 0.00737. The molecule has 8 heteroatoms. The van der Waals surface area contributed by atoms with Gasteiger partial charge in [-0.05, 0) is 51.7 Å². The van der Waals surface area contributed by atoms with Gasteiger partial charge in [-0.25, -0.2) is 4.79 Å². The maximum atomic E-state index is 12.7. The zero-order valence-electron chi connectivity index (χ0n) is 14.9. The van der Waals surface area contributed by atoms with Crippen LogP contribution in [0.5, 0.6) is 0 Å². The molecule has 0 aliphatic carbocycles. The first-order chi connectivity index (χ1) is 11.7. The fourth-order valence-corrected chi connectivity index (χ4v) is 3.41. The molecule has 1 aromatic heterocycles. The van der Waals surface area contributed by atoms with E-state index < -0.39 is 5.60 Å². The van der Waals surface area contributed by atoms with Crippen LogP contribution in [-0.4, -0.2) is 63.3 Å². The van der Waals surface area contributed by atoms with Crippen molar-refractivity contribution < 1.29 is 14.3 Å². The van der Waals surface area contributed by atoms with Crippen molar-refractivity contribution in [3.05, 3.63) is 17.8 Å². The number of ether oxygens (including phenoxy) is 1. The van der Waals surface area contributed by atoms with Crippen LogP contribution in [-0.2, 0) is 4.74 Å². The molecule has 2 N–H and O–H groups in total. The first-order valence-electron chi connectivity index (χ1n) is 8.61. The van der Waals surface area contributed by atoms with Crippen LogP contribution in [0.2, 0.25) is 0 Å². The van der Waals surface area contributed by atoms with Gasteiger partial charge in [0.1, 0.15) is 11.4 Å². The van der Waals surface area contributed by atoms with E-state index in [2.05, 4.69) is 10.2 Å². The van der Waals surface area contributed by atoms with Gasteiger partial charge in [0.05, 0.1) is 6.04 Å².